The van der Waals surface area contributed by atoms with E-state index < -0.39 is 5.97 Å². The lowest BCUT2D eigenvalue weighted by molar-refractivity contribution is -0.117. The van der Waals surface area contributed by atoms with Gasteiger partial charge in [-0.25, -0.2) is 9.79 Å². The van der Waals surface area contributed by atoms with Gasteiger partial charge in [-0.1, -0.05) is 36.4 Å². The predicted molar refractivity (Wildman–Crippen MR) is 162 cm³/mol. The molecule has 0 aliphatic carbocycles. The fourth-order valence-electron chi connectivity index (χ4n) is 5.11. The number of hydrogen-bond donors (Lipinski definition) is 3. The average Bonchev–Trinajstić information content (AvgIpc) is 3.31. The third-order valence-corrected chi connectivity index (χ3v) is 7.71. The van der Waals surface area contributed by atoms with Crippen molar-refractivity contribution >= 4 is 39.9 Å². The molecule has 1 aliphatic rings. The van der Waals surface area contributed by atoms with E-state index in [0.717, 1.165) is 59.6 Å². The van der Waals surface area contributed by atoms with Crippen LogP contribution in [0.3, 0.4) is 0 Å². The van der Waals surface area contributed by atoms with Crippen molar-refractivity contribution in [1.82, 2.24) is 14.8 Å². The number of carbonyl (C=O) groups excluding carboxylic acids is 2. The Morgan fingerprint density at radius 3 is 2.41 bits per heavy atom. The van der Waals surface area contributed by atoms with Gasteiger partial charge in [0.05, 0.1) is 36.2 Å². The molecule has 0 atom stereocenters. The molecule has 9 nitrogen and oxygen atoms in total. The molecule has 41 heavy (non-hydrogen) atoms. The molecule has 2 heterocycles. The zero-order chi connectivity index (χ0) is 29.1. The molecule has 0 unspecified atom stereocenters. The Balaban J connectivity index is 1.50. The van der Waals surface area contributed by atoms with Crippen LogP contribution in [0.1, 0.15) is 32.6 Å². The van der Waals surface area contributed by atoms with Gasteiger partial charge in [-0.2, -0.15) is 0 Å². The number of aromatic hydroxyl groups is 1. The molecular formula is C32H35N5O4. The highest BCUT2D eigenvalue weighted by Gasteiger charge is 2.21. The number of carbonyl (C=O) groups is 2. The molecule has 4 aromatic rings. The van der Waals surface area contributed by atoms with Crippen molar-refractivity contribution in [3.8, 4) is 5.88 Å². The van der Waals surface area contributed by atoms with Crippen LogP contribution >= 0.6 is 0 Å². The molecule has 3 N–H and O–H groups in total. The fraction of sp³-hybridized carbons (Fsp3) is 0.281. The number of benzene rings is 3. The third kappa shape index (κ3) is 6.01. The maximum Gasteiger partial charge on any atom is 0.337 e. The van der Waals surface area contributed by atoms with Gasteiger partial charge in [0.2, 0.25) is 5.91 Å². The van der Waals surface area contributed by atoms with Crippen LogP contribution in [0.25, 0.3) is 10.9 Å². The number of amides is 1. The van der Waals surface area contributed by atoms with Crippen LogP contribution in [0, 0.1) is 13.8 Å². The molecule has 1 saturated heterocycles. The normalized spacial score (nSPS) is 14.8. The standard InChI is InChI=1S/C32H35N5O4/c1-20-21(2)26(13-12-25(20)33-28(38)19-37-16-14-36(3)15-17-37)34-30(22-8-6-5-7-9-22)29-24-11-10-23(32(40)41-4)18-27(24)35-31(29)39/h5-13,18,35,39H,14-17,19H2,1-4H3,(H,33,38). The van der Waals surface area contributed by atoms with Gasteiger partial charge >= 0.3 is 5.97 Å². The number of methoxy groups -OCH3 is 1. The first-order valence-electron chi connectivity index (χ1n) is 13.6. The first-order valence-corrected chi connectivity index (χ1v) is 13.6. The van der Waals surface area contributed by atoms with Crippen molar-refractivity contribution in [3.05, 3.63) is 88.5 Å². The summed E-state index contributed by atoms with van der Waals surface area (Å²) in [5.74, 6) is -0.540. The molecule has 3 aromatic carbocycles. The minimum absolute atomic E-state index is 0.0340. The number of fused-ring (bicyclic) bond motifs is 1. The highest BCUT2D eigenvalue weighted by molar-refractivity contribution is 6.22. The quantitative estimate of drug-likeness (QED) is 0.227. The molecule has 0 spiro atoms. The second-order valence-corrected chi connectivity index (χ2v) is 10.4. The number of aromatic nitrogens is 1. The summed E-state index contributed by atoms with van der Waals surface area (Å²) in [6, 6.07) is 18.5. The number of esters is 1. The highest BCUT2D eigenvalue weighted by Crippen LogP contribution is 2.34. The van der Waals surface area contributed by atoms with Crippen LogP contribution < -0.4 is 5.32 Å². The summed E-state index contributed by atoms with van der Waals surface area (Å²) in [6.07, 6.45) is 0. The minimum atomic E-state index is -0.457. The summed E-state index contributed by atoms with van der Waals surface area (Å²) in [7, 11) is 3.43. The SMILES string of the molecule is COC(=O)c1ccc2c(C(=Nc3ccc(NC(=O)CN4CCN(C)CC4)c(C)c3C)c3ccccc3)c(O)[nH]c2c1. The van der Waals surface area contributed by atoms with Gasteiger partial charge in [-0.15, -0.1) is 0 Å². The molecule has 0 saturated carbocycles. The molecule has 1 aliphatic heterocycles. The van der Waals surface area contributed by atoms with Crippen molar-refractivity contribution < 1.29 is 19.4 Å². The number of hydrogen-bond acceptors (Lipinski definition) is 7. The molecule has 1 aromatic heterocycles. The van der Waals surface area contributed by atoms with Crippen LogP contribution in [0.5, 0.6) is 5.88 Å². The van der Waals surface area contributed by atoms with Crippen molar-refractivity contribution in [1.29, 1.82) is 0 Å². The first kappa shape index (κ1) is 28.1. The zero-order valence-electron chi connectivity index (χ0n) is 23.8. The number of rotatable bonds is 7. The lowest BCUT2D eigenvalue weighted by Crippen LogP contribution is -2.47. The van der Waals surface area contributed by atoms with E-state index in [9.17, 15) is 14.7 Å². The third-order valence-electron chi connectivity index (χ3n) is 7.71. The van der Waals surface area contributed by atoms with Gasteiger partial charge in [0.1, 0.15) is 0 Å². The van der Waals surface area contributed by atoms with Gasteiger partial charge in [-0.3, -0.25) is 9.69 Å². The summed E-state index contributed by atoms with van der Waals surface area (Å²) in [5.41, 5.74) is 6.23. The van der Waals surface area contributed by atoms with Gasteiger partial charge < -0.3 is 25.0 Å². The van der Waals surface area contributed by atoms with E-state index in [1.165, 1.54) is 7.11 Å². The Morgan fingerprint density at radius 2 is 1.71 bits per heavy atom. The lowest BCUT2D eigenvalue weighted by atomic mass is 9.99. The summed E-state index contributed by atoms with van der Waals surface area (Å²) < 4.78 is 4.85. The number of aromatic amines is 1. The van der Waals surface area contributed by atoms with E-state index in [1.807, 2.05) is 56.3 Å². The Hall–Kier alpha value is -4.47. The summed E-state index contributed by atoms with van der Waals surface area (Å²) >= 11 is 0. The van der Waals surface area contributed by atoms with E-state index in [4.69, 9.17) is 9.73 Å². The Kier molecular flexibility index (Phi) is 8.19. The molecule has 1 amide bonds. The van der Waals surface area contributed by atoms with Gasteiger partial charge in [0, 0.05) is 48.3 Å². The van der Waals surface area contributed by atoms with Crippen LogP contribution in [0.15, 0.2) is 65.7 Å². The summed E-state index contributed by atoms with van der Waals surface area (Å²) in [6.45, 7) is 7.98. The van der Waals surface area contributed by atoms with Crippen LogP contribution in [0.2, 0.25) is 0 Å². The Labute approximate surface area is 239 Å². The van der Waals surface area contributed by atoms with Crippen molar-refractivity contribution in [2.24, 2.45) is 4.99 Å². The molecule has 0 radical (unpaired) electrons. The maximum atomic E-state index is 12.8. The number of ether oxygens (including phenoxy) is 1. The van der Waals surface area contributed by atoms with E-state index in [1.54, 1.807) is 18.2 Å². The van der Waals surface area contributed by atoms with Gasteiger partial charge in [0.15, 0.2) is 5.88 Å². The Morgan fingerprint density at radius 1 is 0.976 bits per heavy atom. The van der Waals surface area contributed by atoms with E-state index in [-0.39, 0.29) is 11.8 Å². The molecular weight excluding hydrogens is 518 g/mol. The number of H-pyrrole nitrogens is 1. The van der Waals surface area contributed by atoms with E-state index >= 15 is 0 Å². The summed E-state index contributed by atoms with van der Waals surface area (Å²) in [5, 5.41) is 14.8. The number of aliphatic imine (C=N–C) groups is 1. The minimum Gasteiger partial charge on any atom is -0.494 e. The zero-order valence-corrected chi connectivity index (χ0v) is 23.8. The van der Waals surface area contributed by atoms with Crippen LogP contribution in [0.4, 0.5) is 11.4 Å². The number of nitrogens with one attached hydrogen (secondary N) is 2. The second-order valence-electron chi connectivity index (χ2n) is 10.4. The number of anilines is 1. The molecule has 0 bridgehead atoms. The second kappa shape index (κ2) is 12.0. The van der Waals surface area contributed by atoms with Crippen molar-refractivity contribution in [2.45, 2.75) is 13.8 Å². The van der Waals surface area contributed by atoms with Crippen LogP contribution in [-0.4, -0.2) is 84.4 Å². The number of piperazine rings is 1. The van der Waals surface area contributed by atoms with Crippen molar-refractivity contribution in [3.63, 3.8) is 0 Å². The number of nitrogens with zero attached hydrogens (tertiary/aromatic N) is 3. The van der Waals surface area contributed by atoms with Gasteiger partial charge in [-0.05, 0) is 56.3 Å². The topological polar surface area (TPSA) is 110 Å². The monoisotopic (exact) mass is 553 g/mol. The largest absolute Gasteiger partial charge is 0.494 e. The summed E-state index contributed by atoms with van der Waals surface area (Å²) in [4.78, 5) is 37.4. The van der Waals surface area contributed by atoms with E-state index in [0.29, 0.717) is 28.9 Å². The van der Waals surface area contributed by atoms with Gasteiger partial charge in [0.25, 0.3) is 0 Å². The average molecular weight is 554 g/mol. The maximum absolute atomic E-state index is 12.8. The predicted octanol–water partition coefficient (Wildman–Crippen LogP) is 4.63. The molecule has 212 valence electrons. The fourth-order valence-corrected chi connectivity index (χ4v) is 5.11. The molecule has 5 rings (SSSR count). The smallest absolute Gasteiger partial charge is 0.337 e. The Bertz CT molecular complexity index is 1620. The number of likely N-dealkylation sites (N-methyl/N-ethyl adjacent to an activating group) is 1. The lowest BCUT2D eigenvalue weighted by Gasteiger charge is -2.31. The molecule has 9 heteroatoms. The van der Waals surface area contributed by atoms with Crippen LogP contribution in [-0.2, 0) is 9.53 Å². The van der Waals surface area contributed by atoms with Crippen molar-refractivity contribution in [2.75, 3.05) is 52.2 Å². The highest BCUT2D eigenvalue weighted by atomic mass is 16.5. The molecule has 1 fully saturated rings. The van der Waals surface area contributed by atoms with E-state index in [2.05, 4.69) is 27.1 Å². The first-order chi connectivity index (χ1) is 19.7.